The normalized spacial score (nSPS) is 10.5. The highest BCUT2D eigenvalue weighted by atomic mass is 79.9. The van der Waals surface area contributed by atoms with Crippen LogP contribution in [0.15, 0.2) is 28.7 Å². The lowest BCUT2D eigenvalue weighted by Gasteiger charge is -2.10. The van der Waals surface area contributed by atoms with E-state index in [4.69, 9.17) is 33.7 Å². The van der Waals surface area contributed by atoms with Crippen LogP contribution >= 0.6 is 50.5 Å². The Kier molecular flexibility index (Phi) is 4.20. The largest absolute Gasteiger partial charge is 0.485 e. The molecule has 1 aromatic heterocycles. The second kappa shape index (κ2) is 5.48. The van der Waals surface area contributed by atoms with Crippen LogP contribution in [-0.4, -0.2) is 0 Å². The van der Waals surface area contributed by atoms with Crippen LogP contribution in [0.3, 0.4) is 0 Å². The molecule has 0 aliphatic heterocycles. The molecule has 0 aliphatic rings. The molecule has 0 spiro atoms. The van der Waals surface area contributed by atoms with Crippen molar-refractivity contribution in [1.29, 1.82) is 0 Å². The van der Waals surface area contributed by atoms with Gasteiger partial charge in [0.2, 0.25) is 0 Å². The fourth-order valence-electron chi connectivity index (χ4n) is 1.31. The van der Waals surface area contributed by atoms with E-state index < -0.39 is 0 Å². The Morgan fingerprint density at radius 3 is 2.65 bits per heavy atom. The molecule has 2 rings (SSSR count). The van der Waals surface area contributed by atoms with Gasteiger partial charge in [0.1, 0.15) is 6.61 Å². The van der Waals surface area contributed by atoms with Crippen molar-refractivity contribution in [3.63, 3.8) is 0 Å². The molecule has 1 heterocycles. The number of benzene rings is 1. The molecule has 0 saturated carbocycles. The average molecular weight is 353 g/mol. The third-order valence-electron chi connectivity index (χ3n) is 2.02. The van der Waals surface area contributed by atoms with Gasteiger partial charge in [-0.1, -0.05) is 23.2 Å². The molecule has 2 N–H and O–H groups in total. The third-order valence-corrected chi connectivity index (χ3v) is 4.04. The topological polar surface area (TPSA) is 35.2 Å². The van der Waals surface area contributed by atoms with Crippen LogP contribution in [0.1, 0.15) is 4.88 Å². The summed E-state index contributed by atoms with van der Waals surface area (Å²) in [6.45, 7) is 0.432. The lowest BCUT2D eigenvalue weighted by atomic mass is 10.3. The van der Waals surface area contributed by atoms with Crippen molar-refractivity contribution in [2.24, 2.45) is 0 Å². The molecule has 17 heavy (non-hydrogen) atoms. The van der Waals surface area contributed by atoms with E-state index in [1.165, 1.54) is 11.3 Å². The summed E-state index contributed by atoms with van der Waals surface area (Å²) in [5, 5.41) is 0.570. The van der Waals surface area contributed by atoms with Crippen molar-refractivity contribution in [3.8, 4) is 5.75 Å². The minimum atomic E-state index is 0.432. The molecule has 0 saturated heterocycles. The summed E-state index contributed by atoms with van der Waals surface area (Å²) < 4.78 is 7.13. The van der Waals surface area contributed by atoms with Crippen LogP contribution in [0.5, 0.6) is 5.75 Å². The van der Waals surface area contributed by atoms with Crippen LogP contribution in [0, 0.1) is 0 Å². The van der Waals surface area contributed by atoms with E-state index >= 15 is 0 Å². The first kappa shape index (κ1) is 13.0. The van der Waals surface area contributed by atoms with Crippen LogP contribution in [0.25, 0.3) is 0 Å². The predicted octanol–water partition coefficient (Wildman–Crippen LogP) is 4.98. The molecule has 2 aromatic rings. The molecule has 0 atom stereocenters. The summed E-state index contributed by atoms with van der Waals surface area (Å²) in [4.78, 5) is 1.04. The average Bonchev–Trinajstić information content (AvgIpc) is 2.62. The molecule has 0 aliphatic carbocycles. The molecular formula is C11H8BrCl2NOS. The Labute approximate surface area is 121 Å². The zero-order valence-electron chi connectivity index (χ0n) is 8.54. The highest BCUT2D eigenvalue weighted by Gasteiger charge is 2.08. The van der Waals surface area contributed by atoms with Gasteiger partial charge in [-0.05, 0) is 40.2 Å². The van der Waals surface area contributed by atoms with E-state index in [-0.39, 0.29) is 0 Å². The van der Waals surface area contributed by atoms with Crippen molar-refractivity contribution in [1.82, 2.24) is 0 Å². The van der Waals surface area contributed by atoms with Crippen molar-refractivity contribution < 1.29 is 4.74 Å². The molecule has 0 bridgehead atoms. The lowest BCUT2D eigenvalue weighted by molar-refractivity contribution is 0.309. The summed E-state index contributed by atoms with van der Waals surface area (Å²) in [5.74, 6) is 0.596. The van der Waals surface area contributed by atoms with Gasteiger partial charge in [-0.25, -0.2) is 0 Å². The molecule has 1 aromatic carbocycles. The summed E-state index contributed by atoms with van der Waals surface area (Å²) in [7, 11) is 0. The number of nitrogen functional groups attached to an aromatic ring is 1. The SMILES string of the molecule is Nc1cc(Cl)cc(Br)c1OCc1ccc(Cl)s1. The van der Waals surface area contributed by atoms with Crippen molar-refractivity contribution in [3.05, 3.63) is 43.0 Å². The van der Waals surface area contributed by atoms with Gasteiger partial charge in [-0.3, -0.25) is 0 Å². The number of hydrogen-bond acceptors (Lipinski definition) is 3. The summed E-state index contributed by atoms with van der Waals surface area (Å²) in [6, 6.07) is 7.16. The summed E-state index contributed by atoms with van der Waals surface area (Å²) in [5.41, 5.74) is 6.34. The maximum Gasteiger partial charge on any atom is 0.156 e. The highest BCUT2D eigenvalue weighted by molar-refractivity contribution is 9.10. The van der Waals surface area contributed by atoms with Crippen LogP contribution in [-0.2, 0) is 6.61 Å². The summed E-state index contributed by atoms with van der Waals surface area (Å²) >= 11 is 16.5. The first-order valence-corrected chi connectivity index (χ1v) is 7.04. The quantitative estimate of drug-likeness (QED) is 0.790. The molecule has 2 nitrogen and oxygen atoms in total. The number of thiophene rings is 1. The maximum atomic E-state index is 5.86. The Balaban J connectivity index is 2.14. The number of anilines is 1. The van der Waals surface area contributed by atoms with Gasteiger partial charge in [0.05, 0.1) is 14.5 Å². The third kappa shape index (κ3) is 3.28. The minimum absolute atomic E-state index is 0.432. The molecule has 6 heteroatoms. The van der Waals surface area contributed by atoms with Crippen LogP contribution < -0.4 is 10.5 Å². The Hall–Kier alpha value is -0.420. The van der Waals surface area contributed by atoms with E-state index in [0.29, 0.717) is 23.1 Å². The number of ether oxygens (including phenoxy) is 1. The second-order valence-electron chi connectivity index (χ2n) is 3.30. The van der Waals surface area contributed by atoms with Gasteiger partial charge in [0, 0.05) is 9.90 Å². The number of halogens is 3. The van der Waals surface area contributed by atoms with Crippen molar-refractivity contribution >= 4 is 56.2 Å². The van der Waals surface area contributed by atoms with Crippen molar-refractivity contribution in [2.45, 2.75) is 6.61 Å². The monoisotopic (exact) mass is 351 g/mol. The second-order valence-corrected chi connectivity index (χ2v) is 6.39. The fourth-order valence-corrected chi connectivity index (χ4v) is 3.25. The van der Waals surface area contributed by atoms with E-state index in [0.717, 1.165) is 13.7 Å². The number of hydrogen-bond donors (Lipinski definition) is 1. The predicted molar refractivity (Wildman–Crippen MR) is 77.2 cm³/mol. The van der Waals surface area contributed by atoms with E-state index in [1.54, 1.807) is 12.1 Å². The first-order chi connectivity index (χ1) is 8.06. The maximum absolute atomic E-state index is 5.86. The molecule has 0 unspecified atom stereocenters. The zero-order valence-corrected chi connectivity index (χ0v) is 12.5. The van der Waals surface area contributed by atoms with Gasteiger partial charge in [0.25, 0.3) is 0 Å². The van der Waals surface area contributed by atoms with Crippen LogP contribution in [0.4, 0.5) is 5.69 Å². The molecule has 0 radical (unpaired) electrons. The van der Waals surface area contributed by atoms with E-state index in [2.05, 4.69) is 15.9 Å². The standard InChI is InChI=1S/C11H8BrCl2NOS/c12-8-3-6(13)4-9(15)11(8)16-5-7-1-2-10(14)17-7/h1-4H,5,15H2. The van der Waals surface area contributed by atoms with Crippen molar-refractivity contribution in [2.75, 3.05) is 5.73 Å². The van der Waals surface area contributed by atoms with Gasteiger partial charge >= 0.3 is 0 Å². The smallest absolute Gasteiger partial charge is 0.156 e. The van der Waals surface area contributed by atoms with E-state index in [9.17, 15) is 0 Å². The Bertz CT molecular complexity index is 521. The first-order valence-electron chi connectivity index (χ1n) is 4.68. The Morgan fingerprint density at radius 1 is 1.29 bits per heavy atom. The summed E-state index contributed by atoms with van der Waals surface area (Å²) in [6.07, 6.45) is 0. The van der Waals surface area contributed by atoms with Crippen LogP contribution in [0.2, 0.25) is 9.36 Å². The van der Waals surface area contributed by atoms with Gasteiger partial charge in [-0.15, -0.1) is 11.3 Å². The van der Waals surface area contributed by atoms with E-state index in [1.807, 2.05) is 12.1 Å². The Morgan fingerprint density at radius 2 is 2.06 bits per heavy atom. The lowest BCUT2D eigenvalue weighted by Crippen LogP contribution is -1.98. The minimum Gasteiger partial charge on any atom is -0.485 e. The van der Waals surface area contributed by atoms with Gasteiger partial charge in [-0.2, -0.15) is 0 Å². The highest BCUT2D eigenvalue weighted by Crippen LogP contribution is 2.35. The fraction of sp³-hybridized carbons (Fsp3) is 0.0909. The number of nitrogens with two attached hydrogens (primary N) is 1. The molecule has 0 amide bonds. The van der Waals surface area contributed by atoms with Gasteiger partial charge in [0.15, 0.2) is 5.75 Å². The zero-order chi connectivity index (χ0) is 12.4. The molecule has 0 fully saturated rings. The molecule has 90 valence electrons. The number of rotatable bonds is 3. The molecular weight excluding hydrogens is 345 g/mol. The van der Waals surface area contributed by atoms with Gasteiger partial charge < -0.3 is 10.5 Å².